The number of carbonyl (C=O) groups excluding carboxylic acids is 2. The lowest BCUT2D eigenvalue weighted by Crippen LogP contribution is -2.48. The zero-order valence-electron chi connectivity index (χ0n) is 19.1. The van der Waals surface area contributed by atoms with Crippen LogP contribution >= 0.6 is 22.9 Å². The van der Waals surface area contributed by atoms with Gasteiger partial charge in [-0.1, -0.05) is 49.7 Å². The number of anilines is 1. The van der Waals surface area contributed by atoms with Gasteiger partial charge in [0, 0.05) is 29.7 Å². The van der Waals surface area contributed by atoms with Crippen molar-refractivity contribution < 1.29 is 14.3 Å². The van der Waals surface area contributed by atoms with Crippen molar-refractivity contribution in [3.05, 3.63) is 81.0 Å². The minimum Gasteiger partial charge on any atom is -0.495 e. The van der Waals surface area contributed by atoms with Crippen molar-refractivity contribution in [2.75, 3.05) is 25.6 Å². The van der Waals surface area contributed by atoms with Crippen LogP contribution in [0.15, 0.2) is 60.0 Å². The molecular weight excluding hydrogens is 456 g/mol. The van der Waals surface area contributed by atoms with Crippen LogP contribution in [0.3, 0.4) is 0 Å². The fourth-order valence-corrected chi connectivity index (χ4v) is 5.56. The first-order chi connectivity index (χ1) is 15.8. The number of thiophene rings is 1. The van der Waals surface area contributed by atoms with E-state index in [2.05, 4.69) is 13.8 Å². The predicted molar refractivity (Wildman–Crippen MR) is 134 cm³/mol. The quantitative estimate of drug-likeness (QED) is 0.432. The molecule has 0 spiro atoms. The molecule has 2 amide bonds. The van der Waals surface area contributed by atoms with Gasteiger partial charge in [0.15, 0.2) is 0 Å². The molecular formula is C26H27ClN2O3S. The van der Waals surface area contributed by atoms with E-state index in [1.54, 1.807) is 42.5 Å². The lowest BCUT2D eigenvalue weighted by Gasteiger charge is -2.43. The van der Waals surface area contributed by atoms with Gasteiger partial charge < -0.3 is 14.5 Å². The van der Waals surface area contributed by atoms with E-state index in [1.165, 1.54) is 0 Å². The van der Waals surface area contributed by atoms with Gasteiger partial charge in [0.25, 0.3) is 5.91 Å². The van der Waals surface area contributed by atoms with Crippen LogP contribution in [-0.4, -0.2) is 37.4 Å². The van der Waals surface area contributed by atoms with Gasteiger partial charge in [-0.25, -0.2) is 0 Å². The molecule has 4 rings (SSSR count). The highest BCUT2D eigenvalue weighted by Crippen LogP contribution is 2.45. The van der Waals surface area contributed by atoms with Crippen LogP contribution in [0.5, 0.6) is 5.75 Å². The molecule has 33 heavy (non-hydrogen) atoms. The number of halogens is 1. The number of fused-ring (bicyclic) bond motifs is 1. The monoisotopic (exact) mass is 482 g/mol. The van der Waals surface area contributed by atoms with Gasteiger partial charge in [-0.05, 0) is 47.2 Å². The van der Waals surface area contributed by atoms with Crippen LogP contribution < -0.4 is 9.64 Å². The summed E-state index contributed by atoms with van der Waals surface area (Å²) in [5.74, 6) is 0.146. The minimum atomic E-state index is -0.540. The molecule has 2 atom stereocenters. The highest BCUT2D eigenvalue weighted by molar-refractivity contribution is 7.10. The SMILES string of the molecule is COc1ccc(N(C)C(=O)[C@H]2c3ccccc3C(=O)N(CC(C)C)[C@@H]2c2cccs2)cc1Cl. The van der Waals surface area contributed by atoms with Crippen LogP contribution in [0.2, 0.25) is 5.02 Å². The van der Waals surface area contributed by atoms with Crippen molar-refractivity contribution in [3.63, 3.8) is 0 Å². The largest absolute Gasteiger partial charge is 0.495 e. The Hall–Kier alpha value is -2.83. The Labute approximate surface area is 203 Å². The maximum Gasteiger partial charge on any atom is 0.254 e. The summed E-state index contributed by atoms with van der Waals surface area (Å²) in [4.78, 5) is 32.1. The lowest BCUT2D eigenvalue weighted by molar-refractivity contribution is -0.121. The highest BCUT2D eigenvalue weighted by atomic mass is 35.5. The Morgan fingerprint density at radius 2 is 1.94 bits per heavy atom. The van der Waals surface area contributed by atoms with Crippen molar-refractivity contribution in [1.82, 2.24) is 4.90 Å². The fraction of sp³-hybridized carbons (Fsp3) is 0.308. The van der Waals surface area contributed by atoms with Crippen molar-refractivity contribution in [2.45, 2.75) is 25.8 Å². The summed E-state index contributed by atoms with van der Waals surface area (Å²) in [6.07, 6.45) is 0. The number of nitrogens with zero attached hydrogens (tertiary/aromatic N) is 2. The normalized spacial score (nSPS) is 17.8. The summed E-state index contributed by atoms with van der Waals surface area (Å²) >= 11 is 7.91. The van der Waals surface area contributed by atoms with E-state index in [9.17, 15) is 9.59 Å². The highest BCUT2D eigenvalue weighted by Gasteiger charge is 2.45. The summed E-state index contributed by atoms with van der Waals surface area (Å²) in [5.41, 5.74) is 2.02. The topological polar surface area (TPSA) is 49.9 Å². The molecule has 0 aliphatic carbocycles. The molecule has 1 aliphatic rings. The maximum atomic E-state index is 14.1. The van der Waals surface area contributed by atoms with E-state index < -0.39 is 5.92 Å². The Morgan fingerprint density at radius 1 is 1.18 bits per heavy atom. The number of likely N-dealkylation sites (N-methyl/N-ethyl adjacent to an activating group) is 1. The van der Waals surface area contributed by atoms with Gasteiger partial charge in [0.05, 0.1) is 24.1 Å². The van der Waals surface area contributed by atoms with Gasteiger partial charge in [-0.15, -0.1) is 11.3 Å². The number of carbonyl (C=O) groups is 2. The number of rotatable bonds is 6. The van der Waals surface area contributed by atoms with Gasteiger partial charge in [0.2, 0.25) is 5.91 Å². The summed E-state index contributed by atoms with van der Waals surface area (Å²) in [5, 5.41) is 2.42. The van der Waals surface area contributed by atoms with Gasteiger partial charge in [-0.2, -0.15) is 0 Å². The molecule has 1 aromatic heterocycles. The van der Waals surface area contributed by atoms with E-state index in [-0.39, 0.29) is 23.8 Å². The Morgan fingerprint density at radius 3 is 2.58 bits per heavy atom. The summed E-state index contributed by atoms with van der Waals surface area (Å²) in [6.45, 7) is 4.74. The molecule has 0 fully saturated rings. The molecule has 0 saturated heterocycles. The van der Waals surface area contributed by atoms with E-state index in [0.717, 1.165) is 10.4 Å². The first-order valence-corrected chi connectivity index (χ1v) is 12.1. The van der Waals surface area contributed by atoms with Crippen molar-refractivity contribution in [2.24, 2.45) is 5.92 Å². The van der Waals surface area contributed by atoms with Crippen LogP contribution in [-0.2, 0) is 4.79 Å². The molecule has 0 N–H and O–H groups in total. The van der Waals surface area contributed by atoms with Crippen molar-refractivity contribution in [1.29, 1.82) is 0 Å². The molecule has 172 valence electrons. The number of amides is 2. The molecule has 2 heterocycles. The molecule has 0 bridgehead atoms. The molecule has 5 nitrogen and oxygen atoms in total. The third kappa shape index (κ3) is 4.37. The first-order valence-electron chi connectivity index (χ1n) is 10.9. The Kier molecular flexibility index (Phi) is 6.77. The minimum absolute atomic E-state index is 0.0307. The third-order valence-corrected chi connectivity index (χ3v) is 7.19. The van der Waals surface area contributed by atoms with Crippen LogP contribution in [0.1, 0.15) is 46.6 Å². The maximum absolute atomic E-state index is 14.1. The number of hydrogen-bond acceptors (Lipinski definition) is 4. The molecule has 0 radical (unpaired) electrons. The van der Waals surface area contributed by atoms with E-state index in [0.29, 0.717) is 28.6 Å². The number of hydrogen-bond donors (Lipinski definition) is 0. The lowest BCUT2D eigenvalue weighted by atomic mass is 9.80. The molecule has 7 heteroatoms. The van der Waals surface area contributed by atoms with Crippen LogP contribution in [0, 0.1) is 5.92 Å². The number of benzene rings is 2. The second-order valence-corrected chi connectivity index (χ2v) is 9.98. The smallest absolute Gasteiger partial charge is 0.254 e. The average molecular weight is 483 g/mol. The van der Waals surface area contributed by atoms with Gasteiger partial charge in [-0.3, -0.25) is 9.59 Å². The second-order valence-electron chi connectivity index (χ2n) is 8.59. The molecule has 1 aliphatic heterocycles. The zero-order chi connectivity index (χ0) is 23.7. The second kappa shape index (κ2) is 9.57. The van der Waals surface area contributed by atoms with E-state index >= 15 is 0 Å². The molecule has 0 saturated carbocycles. The Bertz CT molecular complexity index is 1160. The van der Waals surface area contributed by atoms with E-state index in [4.69, 9.17) is 16.3 Å². The summed E-state index contributed by atoms with van der Waals surface area (Å²) in [6, 6.07) is 16.4. The van der Waals surface area contributed by atoms with Gasteiger partial charge >= 0.3 is 0 Å². The van der Waals surface area contributed by atoms with Crippen molar-refractivity contribution >= 4 is 40.4 Å². The summed E-state index contributed by atoms with van der Waals surface area (Å²) in [7, 11) is 3.30. The number of methoxy groups -OCH3 is 1. The molecule has 0 unspecified atom stereocenters. The Balaban J connectivity index is 1.83. The predicted octanol–water partition coefficient (Wildman–Crippen LogP) is 6.01. The number of ether oxygens (including phenoxy) is 1. The molecule has 3 aromatic rings. The standard InChI is InChI=1S/C26H27ClN2O3S/c1-16(2)15-29-24(22-10-7-13-33-22)23(18-8-5-6-9-19(18)25(29)30)26(31)28(3)17-11-12-21(32-4)20(27)14-17/h5-14,16,23-24H,15H2,1-4H3/t23-,24+/m0/s1. The third-order valence-electron chi connectivity index (χ3n) is 5.95. The summed E-state index contributed by atoms with van der Waals surface area (Å²) < 4.78 is 5.25. The zero-order valence-corrected chi connectivity index (χ0v) is 20.7. The van der Waals surface area contributed by atoms with Gasteiger partial charge in [0.1, 0.15) is 5.75 Å². The van der Waals surface area contributed by atoms with Crippen molar-refractivity contribution in [3.8, 4) is 5.75 Å². The van der Waals surface area contributed by atoms with Crippen LogP contribution in [0.4, 0.5) is 5.69 Å². The molecule has 2 aromatic carbocycles. The average Bonchev–Trinajstić information content (AvgIpc) is 3.34. The fourth-order valence-electron chi connectivity index (χ4n) is 4.43. The van der Waals surface area contributed by atoms with E-state index in [1.807, 2.05) is 52.7 Å². The first kappa shape index (κ1) is 23.3. The van der Waals surface area contributed by atoms with Crippen LogP contribution in [0.25, 0.3) is 0 Å².